The topological polar surface area (TPSA) is 51.2 Å². The minimum Gasteiger partial charge on any atom is -0.457 e. The SMILES string of the molecule is O=C(Nc1ccc(Cl)cn1)c1cccc(Oc2cccc(C(F)(F)F)c2)c1. The van der Waals surface area contributed by atoms with Gasteiger partial charge < -0.3 is 10.1 Å². The first kappa shape index (κ1) is 18.7. The van der Waals surface area contributed by atoms with Crippen molar-refractivity contribution in [3.8, 4) is 11.5 Å². The number of benzene rings is 2. The number of hydrogen-bond donors (Lipinski definition) is 1. The van der Waals surface area contributed by atoms with E-state index in [0.717, 1.165) is 12.1 Å². The predicted molar refractivity (Wildman–Crippen MR) is 95.2 cm³/mol. The number of rotatable bonds is 4. The second-order valence-electron chi connectivity index (χ2n) is 5.47. The summed E-state index contributed by atoms with van der Waals surface area (Å²) in [4.78, 5) is 16.3. The van der Waals surface area contributed by atoms with Crippen LogP contribution in [0.1, 0.15) is 15.9 Å². The van der Waals surface area contributed by atoms with Crippen LogP contribution in [0, 0.1) is 0 Å². The molecule has 1 N–H and O–H groups in total. The lowest BCUT2D eigenvalue weighted by Gasteiger charge is -2.11. The molecule has 0 spiro atoms. The van der Waals surface area contributed by atoms with Crippen molar-refractivity contribution in [2.24, 2.45) is 0 Å². The van der Waals surface area contributed by atoms with Crippen LogP contribution in [-0.2, 0) is 6.18 Å². The Kier molecular flexibility index (Phi) is 5.32. The lowest BCUT2D eigenvalue weighted by atomic mass is 10.2. The number of alkyl halides is 3. The molecule has 138 valence electrons. The van der Waals surface area contributed by atoms with E-state index in [1.54, 1.807) is 24.3 Å². The van der Waals surface area contributed by atoms with Crippen LogP contribution in [0.4, 0.5) is 19.0 Å². The average Bonchev–Trinajstić information content (AvgIpc) is 2.63. The summed E-state index contributed by atoms with van der Waals surface area (Å²) in [6.07, 6.45) is -3.07. The van der Waals surface area contributed by atoms with Crippen LogP contribution in [0.2, 0.25) is 5.02 Å². The predicted octanol–water partition coefficient (Wildman–Crippen LogP) is 5.80. The van der Waals surface area contributed by atoms with Gasteiger partial charge in [0.05, 0.1) is 10.6 Å². The van der Waals surface area contributed by atoms with Crippen LogP contribution >= 0.6 is 11.6 Å². The number of halogens is 4. The van der Waals surface area contributed by atoms with Crippen molar-refractivity contribution >= 4 is 23.3 Å². The third kappa shape index (κ3) is 4.98. The lowest BCUT2D eigenvalue weighted by Crippen LogP contribution is -2.12. The molecule has 0 fully saturated rings. The fraction of sp³-hybridized carbons (Fsp3) is 0.0526. The maximum Gasteiger partial charge on any atom is 0.416 e. The molecule has 0 radical (unpaired) electrons. The van der Waals surface area contributed by atoms with Gasteiger partial charge in [0.25, 0.3) is 5.91 Å². The molecule has 0 bridgehead atoms. The molecule has 27 heavy (non-hydrogen) atoms. The van der Waals surface area contributed by atoms with Crippen molar-refractivity contribution in [2.75, 3.05) is 5.32 Å². The second-order valence-corrected chi connectivity index (χ2v) is 5.91. The highest BCUT2D eigenvalue weighted by molar-refractivity contribution is 6.30. The van der Waals surface area contributed by atoms with E-state index in [1.165, 1.54) is 30.5 Å². The molecule has 0 unspecified atom stereocenters. The van der Waals surface area contributed by atoms with E-state index < -0.39 is 17.6 Å². The molecule has 1 aromatic heterocycles. The molecule has 0 saturated heterocycles. The van der Waals surface area contributed by atoms with Gasteiger partial charge >= 0.3 is 6.18 Å². The van der Waals surface area contributed by atoms with Crippen molar-refractivity contribution < 1.29 is 22.7 Å². The molecule has 3 aromatic rings. The van der Waals surface area contributed by atoms with Gasteiger partial charge in [0.1, 0.15) is 17.3 Å². The van der Waals surface area contributed by atoms with Crippen LogP contribution in [0.5, 0.6) is 11.5 Å². The second kappa shape index (κ2) is 7.67. The summed E-state index contributed by atoms with van der Waals surface area (Å²) in [6.45, 7) is 0. The van der Waals surface area contributed by atoms with E-state index in [2.05, 4.69) is 10.3 Å². The van der Waals surface area contributed by atoms with E-state index >= 15 is 0 Å². The zero-order chi connectivity index (χ0) is 19.4. The maximum atomic E-state index is 12.8. The molecular weight excluding hydrogens is 381 g/mol. The Bertz CT molecular complexity index is 960. The van der Waals surface area contributed by atoms with Crippen molar-refractivity contribution in [1.29, 1.82) is 0 Å². The highest BCUT2D eigenvalue weighted by Crippen LogP contribution is 2.32. The number of hydrogen-bond acceptors (Lipinski definition) is 3. The highest BCUT2D eigenvalue weighted by Gasteiger charge is 2.30. The van der Waals surface area contributed by atoms with Crippen molar-refractivity contribution in [2.45, 2.75) is 6.18 Å². The largest absolute Gasteiger partial charge is 0.457 e. The van der Waals surface area contributed by atoms with Crippen molar-refractivity contribution in [1.82, 2.24) is 4.98 Å². The van der Waals surface area contributed by atoms with Gasteiger partial charge in [-0.3, -0.25) is 4.79 Å². The molecule has 8 heteroatoms. The summed E-state index contributed by atoms with van der Waals surface area (Å²) in [6, 6.07) is 13.7. The van der Waals surface area contributed by atoms with Crippen LogP contribution in [0.15, 0.2) is 66.9 Å². The first-order chi connectivity index (χ1) is 12.8. The summed E-state index contributed by atoms with van der Waals surface area (Å²) in [5, 5.41) is 3.03. The number of nitrogens with zero attached hydrogens (tertiary/aromatic N) is 1. The molecule has 0 aliphatic carbocycles. The Balaban J connectivity index is 1.75. The van der Waals surface area contributed by atoms with Gasteiger partial charge in [0, 0.05) is 11.8 Å². The van der Waals surface area contributed by atoms with E-state index in [9.17, 15) is 18.0 Å². The van der Waals surface area contributed by atoms with Crippen molar-refractivity contribution in [3.63, 3.8) is 0 Å². The Morgan fingerprint density at radius 3 is 2.37 bits per heavy atom. The molecule has 1 heterocycles. The van der Waals surface area contributed by atoms with E-state index in [4.69, 9.17) is 16.3 Å². The third-order valence-electron chi connectivity index (χ3n) is 3.46. The van der Waals surface area contributed by atoms with Gasteiger partial charge in [-0.15, -0.1) is 0 Å². The highest BCUT2D eigenvalue weighted by atomic mass is 35.5. The smallest absolute Gasteiger partial charge is 0.416 e. The fourth-order valence-corrected chi connectivity index (χ4v) is 2.32. The number of ether oxygens (including phenoxy) is 1. The standard InChI is InChI=1S/C19H12ClF3N2O2/c20-14-7-8-17(24-11-14)25-18(26)12-3-1-5-15(9-12)27-16-6-2-4-13(10-16)19(21,22)23/h1-11H,(H,24,25,26). The van der Waals surface area contributed by atoms with Crippen LogP contribution in [0.25, 0.3) is 0 Å². The van der Waals surface area contributed by atoms with E-state index in [-0.39, 0.29) is 17.1 Å². The number of pyridine rings is 1. The average molecular weight is 393 g/mol. The number of carbonyl (C=O) groups excluding carboxylic acids is 1. The molecule has 0 aliphatic rings. The zero-order valence-corrected chi connectivity index (χ0v) is 14.4. The van der Waals surface area contributed by atoms with Gasteiger partial charge in [-0.1, -0.05) is 23.7 Å². The number of carbonyl (C=O) groups is 1. The minimum atomic E-state index is -4.47. The third-order valence-corrected chi connectivity index (χ3v) is 3.69. The monoisotopic (exact) mass is 392 g/mol. The molecule has 4 nitrogen and oxygen atoms in total. The van der Waals surface area contributed by atoms with Gasteiger partial charge in [-0.25, -0.2) is 4.98 Å². The summed E-state index contributed by atoms with van der Waals surface area (Å²) in [5.41, 5.74) is -0.557. The number of amides is 1. The molecule has 0 aliphatic heterocycles. The van der Waals surface area contributed by atoms with Gasteiger partial charge in [-0.05, 0) is 48.5 Å². The number of anilines is 1. The maximum absolute atomic E-state index is 12.8. The summed E-state index contributed by atoms with van der Waals surface area (Å²) in [7, 11) is 0. The molecule has 3 rings (SSSR count). The molecule has 0 atom stereocenters. The summed E-state index contributed by atoms with van der Waals surface area (Å²) < 4.78 is 43.8. The summed E-state index contributed by atoms with van der Waals surface area (Å²) >= 11 is 5.74. The minimum absolute atomic E-state index is 0.0155. The van der Waals surface area contributed by atoms with Crippen LogP contribution in [-0.4, -0.2) is 10.9 Å². The molecule has 0 saturated carbocycles. The quantitative estimate of drug-likeness (QED) is 0.610. The Morgan fingerprint density at radius 1 is 1.00 bits per heavy atom. The number of nitrogens with one attached hydrogen (secondary N) is 1. The molecule has 1 amide bonds. The Morgan fingerprint density at radius 2 is 1.70 bits per heavy atom. The zero-order valence-electron chi connectivity index (χ0n) is 13.6. The van der Waals surface area contributed by atoms with E-state index in [0.29, 0.717) is 10.8 Å². The Hall–Kier alpha value is -3.06. The summed E-state index contributed by atoms with van der Waals surface area (Å²) in [5.74, 6) is 0.112. The van der Waals surface area contributed by atoms with Gasteiger partial charge in [0.2, 0.25) is 0 Å². The van der Waals surface area contributed by atoms with Crippen LogP contribution in [0.3, 0.4) is 0 Å². The molecule has 2 aromatic carbocycles. The first-order valence-electron chi connectivity index (χ1n) is 7.69. The van der Waals surface area contributed by atoms with Crippen molar-refractivity contribution in [3.05, 3.63) is 83.0 Å². The number of aromatic nitrogens is 1. The van der Waals surface area contributed by atoms with Gasteiger partial charge in [-0.2, -0.15) is 13.2 Å². The van der Waals surface area contributed by atoms with E-state index in [1.807, 2.05) is 0 Å². The van der Waals surface area contributed by atoms with Gasteiger partial charge in [0.15, 0.2) is 0 Å². The fourth-order valence-electron chi connectivity index (χ4n) is 2.21. The normalized spacial score (nSPS) is 11.1. The lowest BCUT2D eigenvalue weighted by molar-refractivity contribution is -0.137. The molecular formula is C19H12ClF3N2O2. The first-order valence-corrected chi connectivity index (χ1v) is 8.07. The van der Waals surface area contributed by atoms with Crippen LogP contribution < -0.4 is 10.1 Å². The Labute approximate surface area is 157 Å².